The molecule has 0 fully saturated rings. The SMILES string of the molecule is I.[C-]#N.[Na+]. The van der Waals surface area contributed by atoms with E-state index in [-0.39, 0.29) is 53.5 Å². The van der Waals surface area contributed by atoms with E-state index in [9.17, 15) is 0 Å². The van der Waals surface area contributed by atoms with Crippen LogP contribution in [0.3, 0.4) is 0 Å². The van der Waals surface area contributed by atoms with E-state index < -0.39 is 0 Å². The molecule has 0 rings (SSSR count). The van der Waals surface area contributed by atoms with E-state index in [2.05, 4.69) is 0 Å². The summed E-state index contributed by atoms with van der Waals surface area (Å²) in [6.45, 7) is 4.75. The molecule has 0 aromatic rings. The van der Waals surface area contributed by atoms with Crippen molar-refractivity contribution in [2.75, 3.05) is 0 Å². The molecular weight excluding hydrogens is 176 g/mol. The van der Waals surface area contributed by atoms with Gasteiger partial charge in [-0.15, -0.1) is 24.0 Å². The second-order valence-electron chi connectivity index (χ2n) is 0. The fraction of sp³-hybridized carbons (Fsp3) is 0. The summed E-state index contributed by atoms with van der Waals surface area (Å²) >= 11 is 0. The van der Waals surface area contributed by atoms with Crippen LogP contribution in [-0.4, -0.2) is 0 Å². The van der Waals surface area contributed by atoms with Crippen molar-refractivity contribution in [1.29, 1.82) is 5.26 Å². The Morgan fingerprint density at radius 2 is 1.25 bits per heavy atom. The van der Waals surface area contributed by atoms with Gasteiger partial charge in [0.05, 0.1) is 0 Å². The Bertz CT molecular complexity index is 12.8. The first-order valence-electron chi connectivity index (χ1n) is 0.224. The molecule has 0 aliphatic carbocycles. The Kier molecular flexibility index (Phi) is 139. The zero-order valence-electron chi connectivity index (χ0n) is 2.36. The Balaban J connectivity index is -0.00000000500. The Labute approximate surface area is 64.7 Å². The average Bonchev–Trinajstić information content (AvgIpc) is 1.00. The predicted molar refractivity (Wildman–Crippen MR) is 20.4 cm³/mol. The van der Waals surface area contributed by atoms with Crippen LogP contribution in [0.2, 0.25) is 0 Å². The summed E-state index contributed by atoms with van der Waals surface area (Å²) in [7, 11) is 0. The number of rotatable bonds is 0. The van der Waals surface area contributed by atoms with E-state index in [1.165, 1.54) is 0 Å². The molecule has 1 nitrogen and oxygen atoms in total. The van der Waals surface area contributed by atoms with Crippen molar-refractivity contribution < 1.29 is 29.6 Å². The standard InChI is InChI=1S/CN.HI.Na/c1-2;;/h;1H;/q-1;;+1. The minimum absolute atomic E-state index is 0. The van der Waals surface area contributed by atoms with E-state index >= 15 is 0 Å². The Hall–Kier alpha value is 1.22. The van der Waals surface area contributed by atoms with Gasteiger partial charge in [-0.2, -0.15) is 0 Å². The van der Waals surface area contributed by atoms with Crippen molar-refractivity contribution in [1.82, 2.24) is 0 Å². The second-order valence-corrected chi connectivity index (χ2v) is 0. The smallest absolute Gasteiger partial charge is 0.512 e. The zero-order valence-corrected chi connectivity index (χ0v) is 6.69. The molecular formula is CHINNa. The normalized spacial score (nSPS) is 0.500. The van der Waals surface area contributed by atoms with Crippen molar-refractivity contribution in [2.24, 2.45) is 0 Å². The van der Waals surface area contributed by atoms with E-state index in [4.69, 9.17) is 11.8 Å². The topological polar surface area (TPSA) is 23.8 Å². The third-order valence-electron chi connectivity index (χ3n) is 0. The molecule has 18 valence electrons. The van der Waals surface area contributed by atoms with Gasteiger partial charge in [-0.05, 0) is 0 Å². The summed E-state index contributed by atoms with van der Waals surface area (Å²) in [5, 5.41) is 6.25. The average molecular weight is 177 g/mol. The van der Waals surface area contributed by atoms with Crippen LogP contribution in [0, 0.1) is 11.8 Å². The van der Waals surface area contributed by atoms with Crippen LogP contribution in [0.15, 0.2) is 0 Å². The third kappa shape index (κ3) is 10.7. The minimum Gasteiger partial charge on any atom is -0.512 e. The molecule has 0 unspecified atom stereocenters. The van der Waals surface area contributed by atoms with E-state index in [0.29, 0.717) is 0 Å². The van der Waals surface area contributed by atoms with Gasteiger partial charge in [0, 0.05) is 0 Å². The van der Waals surface area contributed by atoms with Gasteiger partial charge in [-0.25, -0.2) is 0 Å². The van der Waals surface area contributed by atoms with E-state index in [0.717, 1.165) is 0 Å². The minimum atomic E-state index is 0. The van der Waals surface area contributed by atoms with E-state index in [1.54, 1.807) is 0 Å². The fourth-order valence-electron chi connectivity index (χ4n) is 0. The summed E-state index contributed by atoms with van der Waals surface area (Å²) in [5.41, 5.74) is 0. The Morgan fingerprint density at radius 1 is 1.25 bits per heavy atom. The maximum Gasteiger partial charge on any atom is 1.00 e. The number of hydrogen-bond donors (Lipinski definition) is 0. The molecule has 0 amide bonds. The quantitative estimate of drug-likeness (QED) is 0.232. The van der Waals surface area contributed by atoms with Crippen LogP contribution < -0.4 is 29.6 Å². The van der Waals surface area contributed by atoms with Crippen LogP contribution in [-0.2, 0) is 0 Å². The fourth-order valence-corrected chi connectivity index (χ4v) is 0. The van der Waals surface area contributed by atoms with Gasteiger partial charge in [0.1, 0.15) is 0 Å². The van der Waals surface area contributed by atoms with Crippen LogP contribution in [0.5, 0.6) is 0 Å². The summed E-state index contributed by atoms with van der Waals surface area (Å²) in [4.78, 5) is 0. The van der Waals surface area contributed by atoms with E-state index in [1.807, 2.05) is 0 Å². The molecule has 0 aliphatic heterocycles. The van der Waals surface area contributed by atoms with Crippen molar-refractivity contribution in [3.8, 4) is 0 Å². The van der Waals surface area contributed by atoms with Crippen molar-refractivity contribution in [3.05, 3.63) is 6.57 Å². The van der Waals surface area contributed by atoms with Crippen molar-refractivity contribution in [2.45, 2.75) is 0 Å². The monoisotopic (exact) mass is 177 g/mol. The molecule has 0 N–H and O–H groups in total. The van der Waals surface area contributed by atoms with Gasteiger partial charge in [0.25, 0.3) is 0 Å². The molecule has 0 aliphatic rings. The first-order chi connectivity index (χ1) is 1.00. The maximum absolute atomic E-state index is 6.25. The number of nitrogens with zero attached hydrogens (tertiary/aromatic N) is 1. The molecule has 0 saturated carbocycles. The van der Waals surface area contributed by atoms with Crippen LogP contribution in [0.1, 0.15) is 0 Å². The predicted octanol–water partition coefficient (Wildman–Crippen LogP) is -2.28. The molecule has 0 radical (unpaired) electrons. The summed E-state index contributed by atoms with van der Waals surface area (Å²) in [5.74, 6) is 0. The first kappa shape index (κ1) is 18.9. The van der Waals surface area contributed by atoms with Gasteiger partial charge < -0.3 is 11.8 Å². The molecule has 0 bridgehead atoms. The summed E-state index contributed by atoms with van der Waals surface area (Å²) < 4.78 is 0. The molecule has 0 aromatic carbocycles. The van der Waals surface area contributed by atoms with Gasteiger partial charge in [0.15, 0.2) is 0 Å². The summed E-state index contributed by atoms with van der Waals surface area (Å²) in [6, 6.07) is 0. The van der Waals surface area contributed by atoms with Crippen molar-refractivity contribution >= 4 is 24.0 Å². The van der Waals surface area contributed by atoms with Crippen LogP contribution in [0.25, 0.3) is 0 Å². The van der Waals surface area contributed by atoms with Gasteiger partial charge in [-0.3, -0.25) is 0 Å². The molecule has 0 aromatic heterocycles. The number of halogens is 1. The molecule has 0 heterocycles. The van der Waals surface area contributed by atoms with Crippen molar-refractivity contribution in [3.63, 3.8) is 0 Å². The third-order valence-corrected chi connectivity index (χ3v) is 0. The molecule has 0 spiro atoms. The zero-order chi connectivity index (χ0) is 2.00. The maximum atomic E-state index is 6.25. The van der Waals surface area contributed by atoms with Gasteiger partial charge in [-0.1, -0.05) is 0 Å². The second kappa shape index (κ2) is 29.4. The van der Waals surface area contributed by atoms with Gasteiger partial charge >= 0.3 is 29.6 Å². The molecule has 4 heavy (non-hydrogen) atoms. The molecule has 0 saturated heterocycles. The van der Waals surface area contributed by atoms with Crippen LogP contribution >= 0.6 is 24.0 Å². The van der Waals surface area contributed by atoms with Crippen LogP contribution in [0.4, 0.5) is 0 Å². The Morgan fingerprint density at radius 3 is 1.25 bits per heavy atom. The molecule has 3 heteroatoms. The summed E-state index contributed by atoms with van der Waals surface area (Å²) in [6.07, 6.45) is 0. The molecule has 0 atom stereocenters. The first-order valence-corrected chi connectivity index (χ1v) is 0.224. The number of hydrogen-bond acceptors (Lipinski definition) is 1. The van der Waals surface area contributed by atoms with Gasteiger partial charge in [0.2, 0.25) is 0 Å². The largest absolute Gasteiger partial charge is 1.00 e.